The quantitative estimate of drug-likeness (QED) is 0.639. The number of para-hydroxylation sites is 1. The molecule has 140 valence electrons. The minimum Gasteiger partial charge on any atom is -0.478 e. The molecule has 2 aromatic rings. The van der Waals surface area contributed by atoms with Gasteiger partial charge in [-0.25, -0.2) is 4.79 Å². The van der Waals surface area contributed by atoms with Gasteiger partial charge in [-0.3, -0.25) is 10.1 Å². The lowest BCUT2D eigenvalue weighted by atomic mass is 9.99. The van der Waals surface area contributed by atoms with Crippen LogP contribution in [-0.2, 0) is 4.79 Å². The van der Waals surface area contributed by atoms with Crippen molar-refractivity contribution in [2.75, 3.05) is 0 Å². The zero-order chi connectivity index (χ0) is 19.8. The molecule has 1 N–H and O–H groups in total. The van der Waals surface area contributed by atoms with Crippen LogP contribution in [0.1, 0.15) is 5.56 Å². The fourth-order valence-corrected chi connectivity index (χ4v) is 2.51. The smallest absolute Gasteiger partial charge is 0.430 e. The Bertz CT molecular complexity index is 936. The fourth-order valence-electron chi connectivity index (χ4n) is 2.51. The van der Waals surface area contributed by atoms with Crippen molar-refractivity contribution in [3.05, 3.63) is 69.8 Å². The highest BCUT2D eigenvalue weighted by molar-refractivity contribution is 5.98. The Morgan fingerprint density at radius 3 is 2.33 bits per heavy atom. The minimum atomic E-state index is -4.99. The molecule has 0 spiro atoms. The number of ether oxygens (including phenoxy) is 2. The predicted molar refractivity (Wildman–Crippen MR) is 85.2 cm³/mol. The number of non-ortho nitro benzene ring substituents is 1. The van der Waals surface area contributed by atoms with E-state index in [1.54, 1.807) is 0 Å². The lowest BCUT2D eigenvalue weighted by Crippen LogP contribution is -2.42. The summed E-state index contributed by atoms with van der Waals surface area (Å²) in [6.07, 6.45) is -7.72. The summed E-state index contributed by atoms with van der Waals surface area (Å²) in [4.78, 5) is 21.6. The third-order valence-electron chi connectivity index (χ3n) is 3.68. The van der Waals surface area contributed by atoms with Crippen LogP contribution < -0.4 is 9.47 Å². The summed E-state index contributed by atoms with van der Waals surface area (Å²) in [5.41, 5.74) is -1.34. The minimum absolute atomic E-state index is 0.0220. The number of rotatable bonds is 4. The predicted octanol–water partition coefficient (Wildman–Crippen LogP) is 3.79. The van der Waals surface area contributed by atoms with E-state index in [0.29, 0.717) is 0 Å². The number of nitrogens with zero attached hydrogens (tertiary/aromatic N) is 1. The molecule has 10 heteroatoms. The van der Waals surface area contributed by atoms with Crippen LogP contribution in [0.2, 0.25) is 0 Å². The van der Waals surface area contributed by atoms with Crippen molar-refractivity contribution in [2.24, 2.45) is 0 Å². The van der Waals surface area contributed by atoms with Crippen LogP contribution in [0.4, 0.5) is 18.9 Å². The molecule has 2 aromatic carbocycles. The molecule has 1 aliphatic rings. The van der Waals surface area contributed by atoms with E-state index in [0.717, 1.165) is 24.3 Å². The van der Waals surface area contributed by atoms with Gasteiger partial charge in [0, 0.05) is 12.1 Å². The van der Waals surface area contributed by atoms with Crippen LogP contribution in [0.3, 0.4) is 0 Å². The van der Waals surface area contributed by atoms with Crippen LogP contribution in [0.15, 0.2) is 54.1 Å². The molecule has 7 nitrogen and oxygen atoms in total. The molecular weight excluding hydrogens is 371 g/mol. The van der Waals surface area contributed by atoms with Gasteiger partial charge in [-0.15, -0.1) is 0 Å². The lowest BCUT2D eigenvalue weighted by molar-refractivity contribution is -0.384. The summed E-state index contributed by atoms with van der Waals surface area (Å²) in [6, 6.07) is 10.0. The standard InChI is InChI=1S/C17H10F3NO6/c18-17(19,20)15-13(16(22)23)14(11-3-1-2-4-12(11)27-15)26-10-7-5-9(6-8-10)21(24)25/h1-8,15H,(H,22,23). The molecule has 1 unspecified atom stereocenters. The summed E-state index contributed by atoms with van der Waals surface area (Å²) >= 11 is 0. The van der Waals surface area contributed by atoms with Gasteiger partial charge in [0.1, 0.15) is 17.1 Å². The number of carboxylic acid groups (broad SMARTS) is 1. The van der Waals surface area contributed by atoms with Crippen LogP contribution >= 0.6 is 0 Å². The van der Waals surface area contributed by atoms with E-state index < -0.39 is 34.5 Å². The summed E-state index contributed by atoms with van der Waals surface area (Å²) in [6.45, 7) is 0. The highest BCUT2D eigenvalue weighted by Gasteiger charge is 2.51. The number of hydrogen-bond acceptors (Lipinski definition) is 5. The Balaban J connectivity index is 2.13. The largest absolute Gasteiger partial charge is 0.478 e. The van der Waals surface area contributed by atoms with E-state index >= 15 is 0 Å². The number of benzene rings is 2. The number of fused-ring (bicyclic) bond motifs is 1. The van der Waals surface area contributed by atoms with Gasteiger partial charge in [0.25, 0.3) is 5.69 Å². The van der Waals surface area contributed by atoms with Crippen molar-refractivity contribution in [3.63, 3.8) is 0 Å². The van der Waals surface area contributed by atoms with Crippen molar-refractivity contribution in [1.29, 1.82) is 0 Å². The molecule has 0 aliphatic carbocycles. The SMILES string of the molecule is O=C(O)C1=C(Oc2ccc([N+](=O)[O-])cc2)c2ccccc2OC1C(F)(F)F. The van der Waals surface area contributed by atoms with Crippen molar-refractivity contribution in [2.45, 2.75) is 12.3 Å². The first-order chi connectivity index (χ1) is 12.7. The molecule has 27 heavy (non-hydrogen) atoms. The van der Waals surface area contributed by atoms with Crippen LogP contribution in [0.5, 0.6) is 11.5 Å². The summed E-state index contributed by atoms with van der Waals surface area (Å²) < 4.78 is 50.3. The normalized spacial score (nSPS) is 16.3. The zero-order valence-electron chi connectivity index (χ0n) is 13.3. The second-order valence-corrected chi connectivity index (χ2v) is 5.44. The van der Waals surface area contributed by atoms with Crippen molar-refractivity contribution >= 4 is 17.4 Å². The third-order valence-corrected chi connectivity index (χ3v) is 3.68. The van der Waals surface area contributed by atoms with E-state index in [1.807, 2.05) is 0 Å². The van der Waals surface area contributed by atoms with Crippen molar-refractivity contribution in [3.8, 4) is 11.5 Å². The van der Waals surface area contributed by atoms with Gasteiger partial charge in [0.15, 0.2) is 5.76 Å². The Kier molecular flexibility index (Phi) is 4.48. The van der Waals surface area contributed by atoms with E-state index in [9.17, 15) is 33.2 Å². The average Bonchev–Trinajstić information content (AvgIpc) is 2.60. The van der Waals surface area contributed by atoms with E-state index in [4.69, 9.17) is 9.47 Å². The maximum absolute atomic E-state index is 13.3. The Labute approximate surface area is 149 Å². The average molecular weight is 381 g/mol. The van der Waals surface area contributed by atoms with Gasteiger partial charge in [0.05, 0.1) is 10.5 Å². The Morgan fingerprint density at radius 2 is 1.78 bits per heavy atom. The van der Waals surface area contributed by atoms with Gasteiger partial charge in [-0.1, -0.05) is 12.1 Å². The monoisotopic (exact) mass is 381 g/mol. The molecule has 1 aliphatic heterocycles. The number of aliphatic carboxylic acids is 1. The number of hydrogen-bond donors (Lipinski definition) is 1. The molecule has 0 saturated heterocycles. The molecule has 0 aromatic heterocycles. The lowest BCUT2D eigenvalue weighted by Gasteiger charge is -2.30. The van der Waals surface area contributed by atoms with E-state index in [2.05, 4.69) is 0 Å². The molecule has 1 atom stereocenters. The summed E-state index contributed by atoms with van der Waals surface area (Å²) in [7, 11) is 0. The molecule has 1 heterocycles. The van der Waals surface area contributed by atoms with E-state index in [1.165, 1.54) is 24.3 Å². The number of nitro groups is 1. The molecule has 3 rings (SSSR count). The molecular formula is C17H10F3NO6. The molecule has 0 saturated carbocycles. The van der Waals surface area contributed by atoms with Gasteiger partial charge < -0.3 is 14.6 Å². The zero-order valence-corrected chi connectivity index (χ0v) is 13.3. The topological polar surface area (TPSA) is 98.9 Å². The molecule has 0 amide bonds. The first-order valence-electron chi connectivity index (χ1n) is 7.41. The maximum Gasteiger partial charge on any atom is 0.430 e. The van der Waals surface area contributed by atoms with Gasteiger partial charge in [-0.2, -0.15) is 13.2 Å². The molecule has 0 radical (unpaired) electrons. The Hall–Kier alpha value is -3.56. The number of halogens is 3. The fraction of sp³-hybridized carbons (Fsp3) is 0.118. The molecule has 0 bridgehead atoms. The van der Waals surface area contributed by atoms with Crippen LogP contribution in [0.25, 0.3) is 5.76 Å². The second-order valence-electron chi connectivity index (χ2n) is 5.44. The number of carbonyl (C=O) groups is 1. The van der Waals surface area contributed by atoms with Gasteiger partial charge >= 0.3 is 12.1 Å². The van der Waals surface area contributed by atoms with Crippen LogP contribution in [0, 0.1) is 10.1 Å². The number of alkyl halides is 3. The van der Waals surface area contributed by atoms with Gasteiger partial charge in [-0.05, 0) is 24.3 Å². The summed E-state index contributed by atoms with van der Waals surface area (Å²) in [5, 5.41) is 20.1. The second kappa shape index (κ2) is 6.63. The number of carboxylic acids is 1. The molecule has 0 fully saturated rings. The Morgan fingerprint density at radius 1 is 1.15 bits per heavy atom. The van der Waals surface area contributed by atoms with E-state index in [-0.39, 0.29) is 22.7 Å². The van der Waals surface area contributed by atoms with Crippen molar-refractivity contribution < 1.29 is 37.5 Å². The summed E-state index contributed by atoms with van der Waals surface area (Å²) in [5.74, 6) is -2.65. The first kappa shape index (κ1) is 18.2. The maximum atomic E-state index is 13.3. The van der Waals surface area contributed by atoms with Gasteiger partial charge in [0.2, 0.25) is 6.10 Å². The number of nitro benzene ring substituents is 1. The van der Waals surface area contributed by atoms with Crippen molar-refractivity contribution in [1.82, 2.24) is 0 Å². The first-order valence-corrected chi connectivity index (χ1v) is 7.41. The highest BCUT2D eigenvalue weighted by Crippen LogP contribution is 2.42. The highest BCUT2D eigenvalue weighted by atomic mass is 19.4. The third kappa shape index (κ3) is 3.54. The van der Waals surface area contributed by atoms with Crippen LogP contribution in [-0.4, -0.2) is 28.3 Å².